The first-order valence-corrected chi connectivity index (χ1v) is 11.3. The van der Waals surface area contributed by atoms with Gasteiger partial charge in [0.15, 0.2) is 0 Å². The Kier molecular flexibility index (Phi) is 8.91. The fourth-order valence-corrected chi connectivity index (χ4v) is 4.22. The number of ether oxygens (including phenoxy) is 2. The first-order chi connectivity index (χ1) is 15.0. The summed E-state index contributed by atoms with van der Waals surface area (Å²) in [5, 5.41) is 2.07. The SMILES string of the molecule is CCOP(=O)(OCC)C(NC(C)=O)Oc1ccc(Oc2ncc(C(F)(F)F)cc2Cl)cc1. The van der Waals surface area contributed by atoms with Crippen molar-refractivity contribution in [2.45, 2.75) is 32.9 Å². The van der Waals surface area contributed by atoms with Gasteiger partial charge in [-0.2, -0.15) is 13.2 Å². The van der Waals surface area contributed by atoms with Crippen LogP contribution in [0.3, 0.4) is 0 Å². The van der Waals surface area contributed by atoms with Crippen molar-refractivity contribution in [2.24, 2.45) is 0 Å². The lowest BCUT2D eigenvalue weighted by molar-refractivity contribution is -0.137. The first kappa shape index (κ1) is 25.9. The van der Waals surface area contributed by atoms with Gasteiger partial charge in [-0.05, 0) is 44.2 Å². The Labute approximate surface area is 187 Å². The van der Waals surface area contributed by atoms with Crippen molar-refractivity contribution >= 4 is 25.1 Å². The molecule has 176 valence electrons. The number of alkyl halides is 3. The van der Waals surface area contributed by atoms with E-state index in [1.165, 1.54) is 31.2 Å². The molecule has 32 heavy (non-hydrogen) atoms. The Morgan fingerprint density at radius 1 is 1.16 bits per heavy atom. The van der Waals surface area contributed by atoms with E-state index in [0.717, 1.165) is 0 Å². The molecule has 0 fully saturated rings. The monoisotopic (exact) mass is 496 g/mol. The highest BCUT2D eigenvalue weighted by molar-refractivity contribution is 7.54. The fourth-order valence-electron chi connectivity index (χ4n) is 2.36. The van der Waals surface area contributed by atoms with E-state index in [0.29, 0.717) is 12.3 Å². The van der Waals surface area contributed by atoms with Crippen LogP contribution in [0.15, 0.2) is 36.5 Å². The van der Waals surface area contributed by atoms with Gasteiger partial charge < -0.3 is 23.8 Å². The van der Waals surface area contributed by atoms with Crippen molar-refractivity contribution in [3.8, 4) is 17.4 Å². The molecule has 1 heterocycles. The number of halogens is 4. The molecule has 1 aromatic heterocycles. The van der Waals surface area contributed by atoms with Crippen LogP contribution in [0.4, 0.5) is 13.2 Å². The van der Waals surface area contributed by atoms with Crippen LogP contribution in [0.2, 0.25) is 5.02 Å². The largest absolute Gasteiger partial charge is 0.458 e. The van der Waals surface area contributed by atoms with Crippen LogP contribution in [0.1, 0.15) is 26.3 Å². The van der Waals surface area contributed by atoms with Crippen LogP contribution in [-0.2, 0) is 24.6 Å². The van der Waals surface area contributed by atoms with Gasteiger partial charge in [0.25, 0.3) is 5.97 Å². The zero-order valence-electron chi connectivity index (χ0n) is 17.3. The normalized spacial score (nSPS) is 12.8. The van der Waals surface area contributed by atoms with E-state index in [2.05, 4.69) is 10.3 Å². The summed E-state index contributed by atoms with van der Waals surface area (Å²) < 4.78 is 72.6. The molecule has 13 heteroatoms. The number of rotatable bonds is 10. The number of aromatic nitrogens is 1. The van der Waals surface area contributed by atoms with Gasteiger partial charge >= 0.3 is 13.8 Å². The van der Waals surface area contributed by atoms with Gasteiger partial charge in [0.05, 0.1) is 18.8 Å². The number of pyridine rings is 1. The van der Waals surface area contributed by atoms with Crippen LogP contribution in [0.5, 0.6) is 17.4 Å². The van der Waals surface area contributed by atoms with Crippen molar-refractivity contribution in [2.75, 3.05) is 13.2 Å². The van der Waals surface area contributed by atoms with Gasteiger partial charge in [0.1, 0.15) is 16.5 Å². The third kappa shape index (κ3) is 7.09. The standard InChI is InChI=1S/C19H21ClF3N2O6P/c1-4-28-32(27,29-5-2)18(25-12(3)26)31-15-8-6-14(7-9-15)30-17-16(20)10-13(11-24-17)19(21,22)23/h6-11,18H,4-5H2,1-3H3,(H,25,26). The molecule has 0 spiro atoms. The molecule has 0 aliphatic rings. The molecular weight excluding hydrogens is 476 g/mol. The highest BCUT2D eigenvalue weighted by Gasteiger charge is 2.38. The van der Waals surface area contributed by atoms with Gasteiger partial charge in [-0.25, -0.2) is 4.98 Å². The maximum atomic E-state index is 13.0. The number of carbonyl (C=O) groups excluding carboxylic acids is 1. The third-order valence-corrected chi connectivity index (χ3v) is 5.97. The summed E-state index contributed by atoms with van der Waals surface area (Å²) in [6.45, 7) is 4.57. The minimum absolute atomic E-state index is 0.0599. The molecule has 2 rings (SSSR count). The number of benzene rings is 1. The summed E-state index contributed by atoms with van der Waals surface area (Å²) in [7, 11) is -3.85. The molecule has 0 radical (unpaired) electrons. The lowest BCUT2D eigenvalue weighted by Crippen LogP contribution is -2.38. The van der Waals surface area contributed by atoms with Crippen molar-refractivity contribution in [3.05, 3.63) is 47.1 Å². The van der Waals surface area contributed by atoms with E-state index in [9.17, 15) is 22.5 Å². The molecule has 1 atom stereocenters. The molecule has 0 saturated heterocycles. The molecule has 0 aliphatic heterocycles. The van der Waals surface area contributed by atoms with Crippen molar-refractivity contribution in [3.63, 3.8) is 0 Å². The smallest absolute Gasteiger partial charge is 0.417 e. The molecule has 1 unspecified atom stereocenters. The molecule has 1 aromatic carbocycles. The van der Waals surface area contributed by atoms with E-state index >= 15 is 0 Å². The van der Waals surface area contributed by atoms with E-state index in [1.54, 1.807) is 13.8 Å². The van der Waals surface area contributed by atoms with E-state index in [4.69, 9.17) is 30.1 Å². The van der Waals surface area contributed by atoms with Crippen molar-refractivity contribution < 1.29 is 41.1 Å². The van der Waals surface area contributed by atoms with Crippen LogP contribution < -0.4 is 14.8 Å². The number of nitrogens with zero attached hydrogens (tertiary/aromatic N) is 1. The summed E-state index contributed by atoms with van der Waals surface area (Å²) in [5.41, 5.74) is -1.00. The Balaban J connectivity index is 2.18. The van der Waals surface area contributed by atoms with Crippen molar-refractivity contribution in [1.29, 1.82) is 0 Å². The quantitative estimate of drug-likeness (QED) is 0.337. The number of hydrogen-bond acceptors (Lipinski definition) is 7. The summed E-state index contributed by atoms with van der Waals surface area (Å²) in [6, 6.07) is 6.39. The second-order valence-corrected chi connectivity index (χ2v) is 8.60. The van der Waals surface area contributed by atoms with Gasteiger partial charge in [0.2, 0.25) is 11.8 Å². The number of nitrogens with one attached hydrogen (secondary N) is 1. The zero-order valence-corrected chi connectivity index (χ0v) is 19.0. The van der Waals surface area contributed by atoms with Crippen LogP contribution in [0.25, 0.3) is 0 Å². The summed E-state index contributed by atoms with van der Waals surface area (Å²) >= 11 is 5.83. The maximum absolute atomic E-state index is 13.0. The van der Waals surface area contributed by atoms with Crippen LogP contribution >= 0.6 is 19.2 Å². The minimum atomic E-state index is -4.58. The zero-order chi connectivity index (χ0) is 23.9. The molecule has 0 saturated carbocycles. The number of amides is 1. The molecular formula is C19H21ClF3N2O6P. The van der Waals surface area contributed by atoms with Gasteiger partial charge in [-0.3, -0.25) is 9.36 Å². The predicted molar refractivity (Wildman–Crippen MR) is 110 cm³/mol. The molecule has 2 aromatic rings. The Bertz CT molecular complexity index is 965. The summed E-state index contributed by atoms with van der Waals surface area (Å²) in [5.74, 6) is -1.76. The molecule has 1 N–H and O–H groups in total. The van der Waals surface area contributed by atoms with Crippen LogP contribution in [0, 0.1) is 0 Å². The number of carbonyl (C=O) groups is 1. The Hall–Kier alpha value is -2.33. The first-order valence-electron chi connectivity index (χ1n) is 9.31. The van der Waals surface area contributed by atoms with Crippen LogP contribution in [-0.4, -0.2) is 30.1 Å². The highest BCUT2D eigenvalue weighted by Crippen LogP contribution is 2.52. The highest BCUT2D eigenvalue weighted by atomic mass is 35.5. The second-order valence-electron chi connectivity index (χ2n) is 6.13. The van der Waals surface area contributed by atoms with E-state index in [1.807, 2.05) is 0 Å². The molecule has 8 nitrogen and oxygen atoms in total. The number of hydrogen-bond donors (Lipinski definition) is 1. The second kappa shape index (κ2) is 11.0. The average molecular weight is 497 g/mol. The third-order valence-electron chi connectivity index (χ3n) is 3.65. The summed E-state index contributed by atoms with van der Waals surface area (Å²) in [6.07, 6.45) is -3.98. The lowest BCUT2D eigenvalue weighted by Gasteiger charge is -2.27. The van der Waals surface area contributed by atoms with Gasteiger partial charge in [-0.15, -0.1) is 0 Å². The molecule has 0 bridgehead atoms. The van der Waals surface area contributed by atoms with Gasteiger partial charge in [-0.1, -0.05) is 11.6 Å². The fraction of sp³-hybridized carbons (Fsp3) is 0.368. The Morgan fingerprint density at radius 3 is 2.19 bits per heavy atom. The summed E-state index contributed by atoms with van der Waals surface area (Å²) in [4.78, 5) is 15.1. The lowest BCUT2D eigenvalue weighted by atomic mass is 10.3. The van der Waals surface area contributed by atoms with Gasteiger partial charge in [0, 0.05) is 13.1 Å². The minimum Gasteiger partial charge on any atom is -0.458 e. The predicted octanol–water partition coefficient (Wildman–Crippen LogP) is 5.61. The van der Waals surface area contributed by atoms with E-state index < -0.39 is 31.2 Å². The van der Waals surface area contributed by atoms with E-state index in [-0.39, 0.29) is 35.6 Å². The maximum Gasteiger partial charge on any atom is 0.417 e. The Morgan fingerprint density at radius 2 is 1.72 bits per heavy atom. The topological polar surface area (TPSA) is 96.0 Å². The average Bonchev–Trinajstić information content (AvgIpc) is 2.69. The molecule has 0 aliphatic carbocycles. The van der Waals surface area contributed by atoms with Crippen molar-refractivity contribution in [1.82, 2.24) is 10.3 Å². The molecule has 1 amide bonds.